The summed E-state index contributed by atoms with van der Waals surface area (Å²) in [7, 11) is 0. The summed E-state index contributed by atoms with van der Waals surface area (Å²) in [6.07, 6.45) is 6.18. The number of aromatic nitrogens is 2. The van der Waals surface area contributed by atoms with Crippen LogP contribution in [0, 0.1) is 0 Å². The molecule has 30 heavy (non-hydrogen) atoms. The molecule has 0 aliphatic carbocycles. The number of rotatable bonds is 6. The highest BCUT2D eigenvalue weighted by Gasteiger charge is 2.21. The number of benzene rings is 2. The smallest absolute Gasteiger partial charge is 0.419 e. The SMILES string of the molecule is O=c1occn1C1CCN(CCc2ccc(Oc3nc4ccccc4s3)cc2)CC1. The normalized spacial score (nSPS) is 15.6. The number of hydrogen-bond donors (Lipinski definition) is 0. The Balaban J connectivity index is 1.12. The molecule has 3 heterocycles. The van der Waals surface area contributed by atoms with Crippen LogP contribution in [0.15, 0.2) is 70.2 Å². The average Bonchev–Trinajstić information content (AvgIpc) is 3.39. The van der Waals surface area contributed by atoms with Crippen molar-refractivity contribution >= 4 is 21.6 Å². The molecular weight excluding hydrogens is 398 g/mol. The fraction of sp³-hybridized carbons (Fsp3) is 0.304. The first kappa shape index (κ1) is 19.1. The number of hydrogen-bond acceptors (Lipinski definition) is 6. The minimum absolute atomic E-state index is 0.249. The van der Waals surface area contributed by atoms with E-state index in [4.69, 9.17) is 9.15 Å². The number of oxazole rings is 1. The Hall–Kier alpha value is -2.90. The lowest BCUT2D eigenvalue weighted by atomic mass is 10.0. The monoisotopic (exact) mass is 421 g/mol. The van der Waals surface area contributed by atoms with Gasteiger partial charge in [0.15, 0.2) is 0 Å². The molecule has 2 aromatic carbocycles. The minimum Gasteiger partial charge on any atom is -0.431 e. The molecule has 154 valence electrons. The van der Waals surface area contributed by atoms with E-state index in [9.17, 15) is 4.79 Å². The van der Waals surface area contributed by atoms with Crippen molar-refractivity contribution in [3.8, 4) is 10.9 Å². The highest BCUT2D eigenvalue weighted by molar-refractivity contribution is 7.20. The van der Waals surface area contributed by atoms with Gasteiger partial charge in [-0.15, -0.1) is 0 Å². The molecule has 1 aliphatic rings. The third kappa shape index (κ3) is 4.17. The van der Waals surface area contributed by atoms with E-state index in [2.05, 4.69) is 28.1 Å². The second kappa shape index (κ2) is 8.45. The van der Waals surface area contributed by atoms with Crippen LogP contribution in [0.4, 0.5) is 0 Å². The number of thiazole rings is 1. The Kier molecular flexibility index (Phi) is 5.38. The average molecular weight is 422 g/mol. The van der Waals surface area contributed by atoms with Gasteiger partial charge in [0.25, 0.3) is 5.19 Å². The number of likely N-dealkylation sites (tertiary alicyclic amines) is 1. The van der Waals surface area contributed by atoms with Gasteiger partial charge < -0.3 is 14.1 Å². The molecule has 1 saturated heterocycles. The summed E-state index contributed by atoms with van der Waals surface area (Å²) in [6.45, 7) is 3.02. The van der Waals surface area contributed by atoms with E-state index in [1.165, 1.54) is 11.8 Å². The first-order valence-electron chi connectivity index (χ1n) is 10.2. The van der Waals surface area contributed by atoms with Crippen molar-refractivity contribution in [2.75, 3.05) is 19.6 Å². The molecule has 0 spiro atoms. The number of piperidine rings is 1. The maximum absolute atomic E-state index is 11.7. The van der Waals surface area contributed by atoms with E-state index < -0.39 is 0 Å². The van der Waals surface area contributed by atoms with Gasteiger partial charge in [0, 0.05) is 31.9 Å². The molecule has 1 aliphatic heterocycles. The molecule has 0 amide bonds. The molecule has 0 atom stereocenters. The molecule has 7 heteroatoms. The summed E-state index contributed by atoms with van der Waals surface area (Å²) in [5.41, 5.74) is 2.26. The van der Waals surface area contributed by atoms with Crippen LogP contribution in [0.3, 0.4) is 0 Å². The maximum atomic E-state index is 11.7. The molecule has 0 N–H and O–H groups in total. The van der Waals surface area contributed by atoms with Gasteiger partial charge in [-0.3, -0.25) is 4.57 Å². The largest absolute Gasteiger partial charge is 0.431 e. The van der Waals surface area contributed by atoms with Crippen molar-refractivity contribution in [1.29, 1.82) is 0 Å². The predicted octanol–water partition coefficient (Wildman–Crippen LogP) is 4.72. The fourth-order valence-electron chi connectivity index (χ4n) is 3.97. The highest BCUT2D eigenvalue weighted by Crippen LogP contribution is 2.31. The highest BCUT2D eigenvalue weighted by atomic mass is 32.1. The van der Waals surface area contributed by atoms with Gasteiger partial charge >= 0.3 is 5.76 Å². The molecule has 1 fully saturated rings. The lowest BCUT2D eigenvalue weighted by Gasteiger charge is -2.31. The number of fused-ring (bicyclic) bond motifs is 1. The van der Waals surface area contributed by atoms with E-state index in [1.807, 2.05) is 30.3 Å². The van der Waals surface area contributed by atoms with Crippen LogP contribution >= 0.6 is 11.3 Å². The van der Waals surface area contributed by atoms with Crippen molar-refractivity contribution in [2.24, 2.45) is 0 Å². The van der Waals surface area contributed by atoms with Crippen LogP contribution in [0.2, 0.25) is 0 Å². The first-order valence-corrected chi connectivity index (χ1v) is 11.1. The maximum Gasteiger partial charge on any atom is 0.419 e. The Morgan fingerprint density at radius 3 is 2.63 bits per heavy atom. The van der Waals surface area contributed by atoms with Crippen LogP contribution in [0.1, 0.15) is 24.4 Å². The van der Waals surface area contributed by atoms with Crippen molar-refractivity contribution in [3.63, 3.8) is 0 Å². The lowest BCUT2D eigenvalue weighted by Crippen LogP contribution is -2.37. The molecule has 0 bridgehead atoms. The van der Waals surface area contributed by atoms with Gasteiger partial charge in [0.2, 0.25) is 0 Å². The molecule has 4 aromatic rings. The van der Waals surface area contributed by atoms with Gasteiger partial charge in [0.05, 0.1) is 10.2 Å². The molecule has 6 nitrogen and oxygen atoms in total. The summed E-state index contributed by atoms with van der Waals surface area (Å²) in [5.74, 6) is 0.561. The number of ether oxygens (including phenoxy) is 1. The second-order valence-electron chi connectivity index (χ2n) is 7.59. The zero-order valence-corrected chi connectivity index (χ0v) is 17.4. The number of para-hydroxylation sites is 1. The van der Waals surface area contributed by atoms with Gasteiger partial charge in [-0.25, -0.2) is 9.78 Å². The molecule has 0 saturated carbocycles. The van der Waals surface area contributed by atoms with Crippen LogP contribution in [0.25, 0.3) is 10.2 Å². The van der Waals surface area contributed by atoms with E-state index in [-0.39, 0.29) is 11.8 Å². The third-order valence-electron chi connectivity index (χ3n) is 5.67. The topological polar surface area (TPSA) is 60.5 Å². The number of nitrogens with zero attached hydrogens (tertiary/aromatic N) is 3. The van der Waals surface area contributed by atoms with Crippen LogP contribution < -0.4 is 10.5 Å². The van der Waals surface area contributed by atoms with Crippen molar-refractivity contribution in [1.82, 2.24) is 14.5 Å². The van der Waals surface area contributed by atoms with E-state index in [0.29, 0.717) is 5.19 Å². The molecular formula is C23H23N3O3S. The zero-order valence-electron chi connectivity index (χ0n) is 16.6. The van der Waals surface area contributed by atoms with E-state index in [0.717, 1.165) is 54.9 Å². The van der Waals surface area contributed by atoms with Crippen LogP contribution in [-0.2, 0) is 6.42 Å². The standard InChI is InChI=1S/C23H23N3O3S/c27-23-26(15-16-28-23)18-10-13-25(14-11-18)12-9-17-5-7-19(8-6-17)29-22-24-20-3-1-2-4-21(20)30-22/h1-8,15-16,18H,9-14H2. The van der Waals surface area contributed by atoms with Crippen LogP contribution in [0.5, 0.6) is 10.9 Å². The van der Waals surface area contributed by atoms with E-state index in [1.54, 1.807) is 22.1 Å². The summed E-state index contributed by atoms with van der Waals surface area (Å²) in [4.78, 5) is 18.7. The minimum atomic E-state index is -0.249. The van der Waals surface area contributed by atoms with Crippen molar-refractivity contribution < 1.29 is 9.15 Å². The lowest BCUT2D eigenvalue weighted by molar-refractivity contribution is 0.184. The summed E-state index contributed by atoms with van der Waals surface area (Å²) >= 11 is 1.56. The zero-order chi connectivity index (χ0) is 20.3. The quantitative estimate of drug-likeness (QED) is 0.451. The van der Waals surface area contributed by atoms with E-state index >= 15 is 0 Å². The van der Waals surface area contributed by atoms with Gasteiger partial charge in [-0.2, -0.15) is 0 Å². The Morgan fingerprint density at radius 2 is 1.90 bits per heavy atom. The van der Waals surface area contributed by atoms with Gasteiger partial charge in [0.1, 0.15) is 12.0 Å². The Labute approximate surface area is 178 Å². The van der Waals surface area contributed by atoms with Gasteiger partial charge in [-0.1, -0.05) is 35.6 Å². The second-order valence-corrected chi connectivity index (χ2v) is 8.59. The predicted molar refractivity (Wildman–Crippen MR) is 118 cm³/mol. The van der Waals surface area contributed by atoms with Crippen LogP contribution in [-0.4, -0.2) is 34.1 Å². The summed E-state index contributed by atoms with van der Waals surface area (Å²) in [6, 6.07) is 16.6. The summed E-state index contributed by atoms with van der Waals surface area (Å²) in [5, 5.41) is 0.670. The molecule has 5 rings (SSSR count). The Bertz CT molecular complexity index is 1140. The molecule has 0 radical (unpaired) electrons. The summed E-state index contributed by atoms with van der Waals surface area (Å²) < 4.78 is 13.7. The molecule has 0 unspecified atom stereocenters. The first-order chi connectivity index (χ1) is 14.7. The fourth-order valence-corrected chi connectivity index (χ4v) is 4.81. The van der Waals surface area contributed by atoms with Crippen molar-refractivity contribution in [3.05, 3.63) is 77.1 Å². The third-order valence-corrected chi connectivity index (χ3v) is 6.59. The molecule has 2 aromatic heterocycles. The Morgan fingerprint density at radius 1 is 1.10 bits per heavy atom. The van der Waals surface area contributed by atoms with Crippen molar-refractivity contribution in [2.45, 2.75) is 25.3 Å². The van der Waals surface area contributed by atoms with Gasteiger partial charge in [-0.05, 0) is 49.1 Å².